The lowest BCUT2D eigenvalue weighted by Crippen LogP contribution is -2.50. The number of carbonyl (C=O) groups excluding carboxylic acids is 1. The maximum absolute atomic E-state index is 12.8. The van der Waals surface area contributed by atoms with E-state index in [1.54, 1.807) is 0 Å². The van der Waals surface area contributed by atoms with Gasteiger partial charge in [-0.25, -0.2) is 9.97 Å². The first-order valence-corrected chi connectivity index (χ1v) is 13.2. The smallest absolute Gasteiger partial charge is 0.248 e. The largest absolute Gasteiger partial charge is 0.367 e. The van der Waals surface area contributed by atoms with Gasteiger partial charge in [0.25, 0.3) is 0 Å². The molecule has 5 rings (SSSR count). The van der Waals surface area contributed by atoms with Crippen molar-refractivity contribution in [1.29, 1.82) is 0 Å². The van der Waals surface area contributed by atoms with E-state index in [2.05, 4.69) is 61.2 Å². The Bertz CT molecular complexity index is 1370. The third-order valence-corrected chi connectivity index (χ3v) is 6.96. The van der Waals surface area contributed by atoms with Crippen LogP contribution < -0.4 is 4.90 Å². The maximum atomic E-state index is 12.8. The molecule has 1 aliphatic heterocycles. The molecule has 6 nitrogen and oxygen atoms in total. The standard InChI is InChI=1S/C32H34N4O2/c1-24-10-9-15-28(20-24)31-33-25(2)29(21-26-11-5-3-6-12-26)32(34-31)36-18-16-35(17-19-36)30(37)23-38-22-27-13-7-4-8-14-27/h3-15,20H,16-19,21-23H2,1-2H3. The van der Waals surface area contributed by atoms with E-state index in [-0.39, 0.29) is 12.5 Å². The van der Waals surface area contributed by atoms with Gasteiger partial charge in [0.2, 0.25) is 5.91 Å². The lowest BCUT2D eigenvalue weighted by molar-refractivity contribution is -0.136. The van der Waals surface area contributed by atoms with E-state index in [0.29, 0.717) is 19.7 Å². The van der Waals surface area contributed by atoms with Gasteiger partial charge in [-0.05, 0) is 31.0 Å². The zero-order valence-electron chi connectivity index (χ0n) is 22.1. The summed E-state index contributed by atoms with van der Waals surface area (Å²) in [5.41, 5.74) is 6.62. The van der Waals surface area contributed by atoms with Gasteiger partial charge in [0.1, 0.15) is 12.4 Å². The zero-order chi connectivity index (χ0) is 26.3. The van der Waals surface area contributed by atoms with Crippen molar-refractivity contribution < 1.29 is 9.53 Å². The van der Waals surface area contributed by atoms with Crippen LogP contribution in [0.15, 0.2) is 84.9 Å². The van der Waals surface area contributed by atoms with Crippen molar-refractivity contribution in [3.05, 3.63) is 113 Å². The Morgan fingerprint density at radius 1 is 0.816 bits per heavy atom. The molecular weight excluding hydrogens is 472 g/mol. The highest BCUT2D eigenvalue weighted by atomic mass is 16.5. The Kier molecular flexibility index (Phi) is 8.09. The van der Waals surface area contributed by atoms with Crippen molar-refractivity contribution in [2.24, 2.45) is 0 Å². The molecule has 0 N–H and O–H groups in total. The molecule has 0 atom stereocenters. The van der Waals surface area contributed by atoms with Gasteiger partial charge < -0.3 is 14.5 Å². The van der Waals surface area contributed by atoms with Crippen LogP contribution in [0, 0.1) is 13.8 Å². The Balaban J connectivity index is 1.32. The van der Waals surface area contributed by atoms with Crippen molar-refractivity contribution >= 4 is 11.7 Å². The van der Waals surface area contributed by atoms with Crippen molar-refractivity contribution in [2.45, 2.75) is 26.9 Å². The van der Waals surface area contributed by atoms with E-state index in [0.717, 1.165) is 53.5 Å². The van der Waals surface area contributed by atoms with Gasteiger partial charge in [-0.2, -0.15) is 0 Å². The molecule has 3 aromatic carbocycles. The van der Waals surface area contributed by atoms with E-state index < -0.39 is 0 Å². The number of aromatic nitrogens is 2. The van der Waals surface area contributed by atoms with Crippen LogP contribution in [0.4, 0.5) is 5.82 Å². The van der Waals surface area contributed by atoms with E-state index in [4.69, 9.17) is 14.7 Å². The summed E-state index contributed by atoms with van der Waals surface area (Å²) >= 11 is 0. The molecule has 0 spiro atoms. The summed E-state index contributed by atoms with van der Waals surface area (Å²) in [4.78, 5) is 27.0. The normalized spacial score (nSPS) is 13.5. The molecule has 1 aliphatic rings. The SMILES string of the molecule is Cc1cccc(-c2nc(C)c(Cc3ccccc3)c(N3CCN(C(=O)COCc4ccccc4)CC3)n2)c1. The van der Waals surface area contributed by atoms with Crippen LogP contribution in [0.3, 0.4) is 0 Å². The third kappa shape index (κ3) is 6.26. The van der Waals surface area contributed by atoms with Crippen molar-refractivity contribution in [3.63, 3.8) is 0 Å². The van der Waals surface area contributed by atoms with E-state index >= 15 is 0 Å². The van der Waals surface area contributed by atoms with Gasteiger partial charge >= 0.3 is 0 Å². The second kappa shape index (κ2) is 12.0. The quantitative estimate of drug-likeness (QED) is 0.328. The second-order valence-corrected chi connectivity index (χ2v) is 9.81. The van der Waals surface area contributed by atoms with Gasteiger partial charge in [0.15, 0.2) is 5.82 Å². The molecule has 1 saturated heterocycles. The van der Waals surface area contributed by atoms with Crippen LogP contribution >= 0.6 is 0 Å². The van der Waals surface area contributed by atoms with Crippen molar-refractivity contribution in [2.75, 3.05) is 37.7 Å². The van der Waals surface area contributed by atoms with Crippen LogP contribution in [-0.4, -0.2) is 53.6 Å². The molecule has 0 unspecified atom stereocenters. The number of aryl methyl sites for hydroxylation is 2. The lowest BCUT2D eigenvalue weighted by Gasteiger charge is -2.36. The van der Waals surface area contributed by atoms with E-state index in [1.165, 1.54) is 11.1 Å². The predicted octanol–water partition coefficient (Wildman–Crippen LogP) is 5.22. The molecule has 0 saturated carbocycles. The molecule has 0 radical (unpaired) electrons. The van der Waals surface area contributed by atoms with Crippen LogP contribution in [-0.2, 0) is 22.6 Å². The Labute approximate surface area is 224 Å². The fourth-order valence-corrected chi connectivity index (χ4v) is 4.85. The minimum Gasteiger partial charge on any atom is -0.367 e. The summed E-state index contributed by atoms with van der Waals surface area (Å²) < 4.78 is 5.70. The molecule has 6 heteroatoms. The average Bonchev–Trinajstić information content (AvgIpc) is 2.95. The predicted molar refractivity (Wildman–Crippen MR) is 151 cm³/mol. The molecule has 1 aromatic heterocycles. The monoisotopic (exact) mass is 506 g/mol. The van der Waals surface area contributed by atoms with Crippen LogP contribution in [0.1, 0.15) is 27.9 Å². The van der Waals surface area contributed by atoms with Crippen LogP contribution in [0.5, 0.6) is 0 Å². The Hall–Kier alpha value is -4.03. The van der Waals surface area contributed by atoms with E-state index in [9.17, 15) is 4.79 Å². The maximum Gasteiger partial charge on any atom is 0.248 e. The number of piperazine rings is 1. The number of hydrogen-bond acceptors (Lipinski definition) is 5. The van der Waals surface area contributed by atoms with Gasteiger partial charge in [0, 0.05) is 49.4 Å². The summed E-state index contributed by atoms with van der Waals surface area (Å²) in [6.07, 6.45) is 0.766. The molecule has 194 valence electrons. The molecule has 0 bridgehead atoms. The zero-order valence-corrected chi connectivity index (χ0v) is 22.1. The van der Waals surface area contributed by atoms with Crippen molar-refractivity contribution in [1.82, 2.24) is 14.9 Å². The molecule has 4 aromatic rings. The fraction of sp³-hybridized carbons (Fsp3) is 0.281. The van der Waals surface area contributed by atoms with Gasteiger partial charge in [-0.15, -0.1) is 0 Å². The summed E-state index contributed by atoms with van der Waals surface area (Å²) in [6.45, 7) is 7.41. The molecule has 1 amide bonds. The van der Waals surface area contributed by atoms with Gasteiger partial charge in [-0.3, -0.25) is 4.79 Å². The highest BCUT2D eigenvalue weighted by Gasteiger charge is 2.25. The number of carbonyl (C=O) groups is 1. The number of ether oxygens (including phenoxy) is 1. The van der Waals surface area contributed by atoms with Crippen molar-refractivity contribution in [3.8, 4) is 11.4 Å². The summed E-state index contributed by atoms with van der Waals surface area (Å²) in [5, 5.41) is 0. The average molecular weight is 507 g/mol. The molecule has 2 heterocycles. The fourth-order valence-electron chi connectivity index (χ4n) is 4.85. The lowest BCUT2D eigenvalue weighted by atomic mass is 10.0. The summed E-state index contributed by atoms with van der Waals surface area (Å²) in [7, 11) is 0. The number of amides is 1. The van der Waals surface area contributed by atoms with E-state index in [1.807, 2.05) is 47.4 Å². The highest BCUT2D eigenvalue weighted by Crippen LogP contribution is 2.28. The number of hydrogen-bond donors (Lipinski definition) is 0. The summed E-state index contributed by atoms with van der Waals surface area (Å²) in [5.74, 6) is 1.74. The minimum absolute atomic E-state index is 0.0319. The topological polar surface area (TPSA) is 58.6 Å². The molecule has 0 aliphatic carbocycles. The molecular formula is C32H34N4O2. The molecule has 1 fully saturated rings. The number of benzene rings is 3. The number of rotatable bonds is 8. The first-order chi connectivity index (χ1) is 18.6. The number of nitrogens with zero attached hydrogens (tertiary/aromatic N) is 4. The number of anilines is 1. The van der Waals surface area contributed by atoms with Crippen LogP contribution in [0.25, 0.3) is 11.4 Å². The minimum atomic E-state index is 0.0319. The third-order valence-electron chi connectivity index (χ3n) is 6.96. The Morgan fingerprint density at radius 2 is 1.50 bits per heavy atom. The Morgan fingerprint density at radius 3 is 2.18 bits per heavy atom. The first-order valence-electron chi connectivity index (χ1n) is 13.2. The molecule has 38 heavy (non-hydrogen) atoms. The van der Waals surface area contributed by atoms with Gasteiger partial charge in [-0.1, -0.05) is 84.4 Å². The van der Waals surface area contributed by atoms with Crippen LogP contribution in [0.2, 0.25) is 0 Å². The second-order valence-electron chi connectivity index (χ2n) is 9.81. The first kappa shape index (κ1) is 25.6. The highest BCUT2D eigenvalue weighted by molar-refractivity contribution is 5.77. The summed E-state index contributed by atoms with van der Waals surface area (Å²) in [6, 6.07) is 28.7. The van der Waals surface area contributed by atoms with Gasteiger partial charge in [0.05, 0.1) is 6.61 Å².